The van der Waals surface area contributed by atoms with E-state index in [0.29, 0.717) is 5.69 Å². The summed E-state index contributed by atoms with van der Waals surface area (Å²) in [4.78, 5) is 12.6. The predicted molar refractivity (Wildman–Crippen MR) is 96.3 cm³/mol. The number of sulfonamides is 1. The van der Waals surface area contributed by atoms with Crippen LogP contribution >= 0.6 is 15.9 Å². The van der Waals surface area contributed by atoms with Crippen molar-refractivity contribution in [3.63, 3.8) is 0 Å². The number of carbonyl (C=O) groups is 1. The minimum absolute atomic E-state index is 0.0642. The number of rotatable bonds is 6. The van der Waals surface area contributed by atoms with E-state index in [-0.39, 0.29) is 16.8 Å². The van der Waals surface area contributed by atoms with Gasteiger partial charge < -0.3 is 9.88 Å². The number of nitrogens with one attached hydrogen (secondary N) is 2. The van der Waals surface area contributed by atoms with E-state index in [0.717, 1.165) is 16.5 Å². The monoisotopic (exact) mass is 413 g/mol. The molecular weight excluding hydrogens is 394 g/mol. The Bertz CT molecular complexity index is 829. The summed E-state index contributed by atoms with van der Waals surface area (Å²) in [7, 11) is -0.601. The molecule has 1 atom stereocenters. The van der Waals surface area contributed by atoms with E-state index in [2.05, 4.69) is 26.0 Å². The second kappa shape index (κ2) is 7.50. The minimum atomic E-state index is -3.58. The summed E-state index contributed by atoms with van der Waals surface area (Å²) >= 11 is 3.39. The van der Waals surface area contributed by atoms with Gasteiger partial charge in [0.25, 0.3) is 5.91 Å². The smallest absolute Gasteiger partial charge is 0.268 e. The fourth-order valence-corrected chi connectivity index (χ4v) is 3.44. The van der Waals surface area contributed by atoms with Crippen LogP contribution in [0.3, 0.4) is 0 Å². The second-order valence-electron chi connectivity index (χ2n) is 5.37. The normalized spacial score (nSPS) is 12.8. The molecule has 1 heterocycles. The molecule has 8 heteroatoms. The van der Waals surface area contributed by atoms with E-state index in [1.807, 2.05) is 31.2 Å². The lowest BCUT2D eigenvalue weighted by molar-refractivity contribution is 0.0927. The molecule has 0 radical (unpaired) electrons. The van der Waals surface area contributed by atoms with E-state index >= 15 is 0 Å². The molecule has 1 aromatic carbocycles. The number of aryl methyl sites for hydroxylation is 1. The third-order valence-corrected chi connectivity index (χ3v) is 5.69. The molecule has 2 aromatic rings. The van der Waals surface area contributed by atoms with Gasteiger partial charge in [-0.15, -0.1) is 0 Å². The van der Waals surface area contributed by atoms with E-state index in [4.69, 9.17) is 0 Å². The van der Waals surface area contributed by atoms with E-state index in [9.17, 15) is 13.2 Å². The van der Waals surface area contributed by atoms with Gasteiger partial charge in [0.05, 0.1) is 6.04 Å². The summed E-state index contributed by atoms with van der Waals surface area (Å²) in [6.07, 6.45) is 2.14. The topological polar surface area (TPSA) is 80.2 Å². The van der Waals surface area contributed by atoms with Gasteiger partial charge in [0, 0.05) is 17.7 Å². The minimum Gasteiger partial charge on any atom is -0.345 e. The zero-order valence-corrected chi connectivity index (χ0v) is 16.1. The Labute approximate surface area is 150 Å². The predicted octanol–water partition coefficient (Wildman–Crippen LogP) is 2.58. The van der Waals surface area contributed by atoms with Gasteiger partial charge in [-0.1, -0.05) is 35.0 Å². The van der Waals surface area contributed by atoms with Crippen LogP contribution in [0.4, 0.5) is 0 Å². The lowest BCUT2D eigenvalue weighted by atomic mass is 10.0. The van der Waals surface area contributed by atoms with Crippen molar-refractivity contribution in [2.24, 2.45) is 7.05 Å². The summed E-state index contributed by atoms with van der Waals surface area (Å²) in [6, 6.07) is 8.95. The van der Waals surface area contributed by atoms with Crippen LogP contribution in [-0.4, -0.2) is 25.9 Å². The number of hydrogen-bond donors (Lipinski definition) is 2. The van der Waals surface area contributed by atoms with Crippen molar-refractivity contribution in [1.29, 1.82) is 0 Å². The molecule has 2 rings (SSSR count). The van der Waals surface area contributed by atoms with Crippen LogP contribution in [0.25, 0.3) is 0 Å². The van der Waals surface area contributed by atoms with Crippen LogP contribution in [0.15, 0.2) is 45.9 Å². The van der Waals surface area contributed by atoms with Crippen molar-refractivity contribution in [3.8, 4) is 0 Å². The molecule has 6 nitrogen and oxygen atoms in total. The van der Waals surface area contributed by atoms with E-state index in [1.54, 1.807) is 7.05 Å². The lowest BCUT2D eigenvalue weighted by Gasteiger charge is -2.17. The molecule has 1 amide bonds. The molecule has 0 aliphatic heterocycles. The first-order valence-electron chi connectivity index (χ1n) is 7.44. The first kappa shape index (κ1) is 18.7. The first-order valence-corrected chi connectivity index (χ1v) is 9.72. The Kier molecular flexibility index (Phi) is 5.84. The lowest BCUT2D eigenvalue weighted by Crippen LogP contribution is -2.29. The molecule has 1 unspecified atom stereocenters. The van der Waals surface area contributed by atoms with Gasteiger partial charge >= 0.3 is 0 Å². The Morgan fingerprint density at radius 3 is 2.46 bits per heavy atom. The average Bonchev–Trinajstić information content (AvgIpc) is 2.96. The number of carbonyl (C=O) groups excluding carboxylic acids is 1. The third-order valence-electron chi connectivity index (χ3n) is 3.78. The highest BCUT2D eigenvalue weighted by Gasteiger charge is 2.21. The maximum Gasteiger partial charge on any atom is 0.268 e. The average molecular weight is 414 g/mol. The maximum absolute atomic E-state index is 12.5. The van der Waals surface area contributed by atoms with Crippen LogP contribution in [-0.2, 0) is 17.1 Å². The SMILES string of the molecule is CCC(NC(=O)c1cc(S(=O)(=O)NC)cn1C)c1ccc(Br)cc1. The van der Waals surface area contributed by atoms with Crippen LogP contribution in [0.5, 0.6) is 0 Å². The first-order chi connectivity index (χ1) is 11.3. The highest BCUT2D eigenvalue weighted by Crippen LogP contribution is 2.21. The summed E-state index contributed by atoms with van der Waals surface area (Å²) in [5, 5.41) is 2.95. The molecule has 2 N–H and O–H groups in total. The van der Waals surface area contributed by atoms with Crippen molar-refractivity contribution >= 4 is 31.9 Å². The highest BCUT2D eigenvalue weighted by molar-refractivity contribution is 9.10. The molecule has 0 bridgehead atoms. The number of nitrogens with zero attached hydrogens (tertiary/aromatic N) is 1. The number of benzene rings is 1. The summed E-state index contributed by atoms with van der Waals surface area (Å²) in [5.74, 6) is -0.315. The van der Waals surface area contributed by atoms with E-state index < -0.39 is 10.0 Å². The molecule has 0 aliphatic carbocycles. The third kappa shape index (κ3) is 4.06. The fraction of sp³-hybridized carbons (Fsp3) is 0.312. The van der Waals surface area contributed by atoms with Gasteiger partial charge in [0.2, 0.25) is 10.0 Å². The standard InChI is InChI=1S/C16H20BrN3O3S/c1-4-14(11-5-7-12(17)8-6-11)19-16(21)15-9-13(10-20(15)3)24(22,23)18-2/h5-10,14,18H,4H2,1-3H3,(H,19,21). The van der Waals surface area contributed by atoms with Gasteiger partial charge in [-0.25, -0.2) is 13.1 Å². The van der Waals surface area contributed by atoms with Crippen molar-refractivity contribution in [2.45, 2.75) is 24.3 Å². The Balaban J connectivity index is 2.24. The van der Waals surface area contributed by atoms with Gasteiger partial charge in [-0.2, -0.15) is 0 Å². The number of amides is 1. The molecular formula is C16H20BrN3O3S. The van der Waals surface area contributed by atoms with Crippen molar-refractivity contribution in [1.82, 2.24) is 14.6 Å². The van der Waals surface area contributed by atoms with Gasteiger partial charge in [0.1, 0.15) is 10.6 Å². The maximum atomic E-state index is 12.5. The quantitative estimate of drug-likeness (QED) is 0.763. The molecule has 0 spiro atoms. The Morgan fingerprint density at radius 1 is 1.29 bits per heavy atom. The summed E-state index contributed by atoms with van der Waals surface area (Å²) in [6.45, 7) is 1.98. The molecule has 0 saturated carbocycles. The van der Waals surface area contributed by atoms with Crippen LogP contribution < -0.4 is 10.0 Å². The Morgan fingerprint density at radius 2 is 1.92 bits per heavy atom. The summed E-state index contributed by atoms with van der Waals surface area (Å²) < 4.78 is 28.4. The van der Waals surface area contributed by atoms with Crippen LogP contribution in [0.2, 0.25) is 0 Å². The number of halogens is 1. The van der Waals surface area contributed by atoms with Gasteiger partial charge in [-0.3, -0.25) is 4.79 Å². The van der Waals surface area contributed by atoms with Gasteiger partial charge in [-0.05, 0) is 37.2 Å². The molecule has 0 saturated heterocycles. The van der Waals surface area contributed by atoms with Crippen molar-refractivity contribution in [2.75, 3.05) is 7.05 Å². The zero-order valence-electron chi connectivity index (χ0n) is 13.7. The van der Waals surface area contributed by atoms with E-state index in [1.165, 1.54) is 23.9 Å². The fourth-order valence-electron chi connectivity index (χ4n) is 2.37. The largest absolute Gasteiger partial charge is 0.345 e. The Hall–Kier alpha value is -1.64. The zero-order chi connectivity index (χ0) is 17.9. The van der Waals surface area contributed by atoms with Gasteiger partial charge in [0.15, 0.2) is 0 Å². The molecule has 24 heavy (non-hydrogen) atoms. The number of aromatic nitrogens is 1. The number of hydrogen-bond acceptors (Lipinski definition) is 3. The highest BCUT2D eigenvalue weighted by atomic mass is 79.9. The molecule has 0 fully saturated rings. The molecule has 130 valence electrons. The van der Waals surface area contributed by atoms with Crippen LogP contribution in [0, 0.1) is 0 Å². The van der Waals surface area contributed by atoms with Crippen molar-refractivity contribution < 1.29 is 13.2 Å². The molecule has 0 aliphatic rings. The second-order valence-corrected chi connectivity index (χ2v) is 8.17. The van der Waals surface area contributed by atoms with Crippen molar-refractivity contribution in [3.05, 3.63) is 52.3 Å². The molecule has 1 aromatic heterocycles. The summed E-state index contributed by atoms with van der Waals surface area (Å²) in [5.41, 5.74) is 1.28. The van der Waals surface area contributed by atoms with Crippen LogP contribution in [0.1, 0.15) is 35.4 Å².